The summed E-state index contributed by atoms with van der Waals surface area (Å²) in [7, 11) is 2.17. The zero-order valence-corrected chi connectivity index (χ0v) is 15.7. The van der Waals surface area contributed by atoms with E-state index >= 15 is 0 Å². The molecule has 0 radical (unpaired) electrons. The quantitative estimate of drug-likeness (QED) is 0.461. The first-order valence-corrected chi connectivity index (χ1v) is 9.41. The van der Waals surface area contributed by atoms with Crippen LogP contribution < -0.4 is 4.68 Å². The molecule has 24 heavy (non-hydrogen) atoms. The highest BCUT2D eigenvalue weighted by molar-refractivity contribution is 8.00. The van der Waals surface area contributed by atoms with Crippen LogP contribution in [0.1, 0.15) is 20.8 Å². The highest BCUT2D eigenvalue weighted by Gasteiger charge is 2.30. The van der Waals surface area contributed by atoms with Crippen LogP contribution >= 0.6 is 11.8 Å². The van der Waals surface area contributed by atoms with Crippen molar-refractivity contribution >= 4 is 11.8 Å². The topological polar surface area (TPSA) is 8.81 Å². The van der Waals surface area contributed by atoms with Gasteiger partial charge in [0.15, 0.2) is 7.05 Å². The molecular weight excluding hydrogens is 312 g/mol. The molecule has 0 saturated heterocycles. The minimum absolute atomic E-state index is 0.530. The van der Waals surface area contributed by atoms with Crippen LogP contribution in [0.3, 0.4) is 0 Å². The van der Waals surface area contributed by atoms with Crippen molar-refractivity contribution in [2.75, 3.05) is 0 Å². The fourth-order valence-corrected chi connectivity index (χ4v) is 4.32. The van der Waals surface area contributed by atoms with Gasteiger partial charge in [-0.3, -0.25) is 0 Å². The maximum atomic E-state index is 2.38. The lowest BCUT2D eigenvalue weighted by molar-refractivity contribution is -0.743. The summed E-state index contributed by atoms with van der Waals surface area (Å²) in [6, 6.07) is 21.5. The number of nitrogens with zero attached hydrogens (tertiary/aromatic N) is 2. The van der Waals surface area contributed by atoms with E-state index in [1.54, 1.807) is 0 Å². The fraction of sp³-hybridized carbons (Fsp3) is 0.286. The predicted molar refractivity (Wildman–Crippen MR) is 103 cm³/mol. The maximum Gasteiger partial charge on any atom is 0.252 e. The van der Waals surface area contributed by atoms with E-state index in [9.17, 15) is 0 Å². The molecule has 1 aromatic heterocycles. The number of thioether (sulfide) groups is 1. The minimum Gasteiger partial charge on any atom is -0.152 e. The molecule has 0 aliphatic carbocycles. The van der Waals surface area contributed by atoms with E-state index in [0.29, 0.717) is 5.25 Å². The molecule has 2 nitrogen and oxygen atoms in total. The van der Waals surface area contributed by atoms with Gasteiger partial charge in [-0.1, -0.05) is 62.4 Å². The average molecular weight is 338 g/mol. The molecule has 0 N–H and O–H groups in total. The molecule has 2 aromatic carbocycles. The lowest BCUT2D eigenvalue weighted by atomic mass is 10.1. The molecule has 1 heterocycles. The second-order valence-electron chi connectivity index (χ2n) is 6.16. The van der Waals surface area contributed by atoms with Crippen molar-refractivity contribution in [2.24, 2.45) is 7.05 Å². The Hall–Kier alpha value is -2.00. The Morgan fingerprint density at radius 1 is 0.917 bits per heavy atom. The Balaban J connectivity index is 2.32. The standard InChI is InChI=1S/C21H25N2S/c1-5-23-20(18-14-10-7-11-15-18)21(24-16(2)3)19(22(23)4)17-12-8-6-9-13-17/h6-16H,5H2,1-4H3/q+1. The zero-order chi connectivity index (χ0) is 17.1. The largest absolute Gasteiger partial charge is 0.252 e. The summed E-state index contributed by atoms with van der Waals surface area (Å²) in [5.41, 5.74) is 5.17. The summed E-state index contributed by atoms with van der Waals surface area (Å²) in [6.07, 6.45) is 0. The summed E-state index contributed by atoms with van der Waals surface area (Å²) in [4.78, 5) is 1.37. The van der Waals surface area contributed by atoms with Gasteiger partial charge in [-0.05, 0) is 19.1 Å². The van der Waals surface area contributed by atoms with Gasteiger partial charge in [0.25, 0.3) is 5.69 Å². The van der Waals surface area contributed by atoms with Crippen LogP contribution in [0.2, 0.25) is 0 Å². The van der Waals surface area contributed by atoms with Gasteiger partial charge < -0.3 is 0 Å². The second-order valence-corrected chi connectivity index (χ2v) is 7.75. The van der Waals surface area contributed by atoms with E-state index in [-0.39, 0.29) is 0 Å². The van der Waals surface area contributed by atoms with E-state index in [1.807, 2.05) is 11.8 Å². The molecule has 124 valence electrons. The Morgan fingerprint density at radius 3 is 1.96 bits per heavy atom. The Kier molecular flexibility index (Phi) is 5.10. The molecule has 0 aliphatic heterocycles. The second kappa shape index (κ2) is 7.27. The maximum absolute atomic E-state index is 2.38. The molecule has 0 bridgehead atoms. The van der Waals surface area contributed by atoms with E-state index in [2.05, 4.69) is 97.8 Å². The van der Waals surface area contributed by atoms with Gasteiger partial charge >= 0.3 is 0 Å². The van der Waals surface area contributed by atoms with Crippen molar-refractivity contribution in [3.8, 4) is 22.5 Å². The molecule has 0 saturated carbocycles. The molecule has 3 rings (SSSR count). The van der Waals surface area contributed by atoms with E-state index in [1.165, 1.54) is 27.4 Å². The molecule has 0 unspecified atom stereocenters. The third-order valence-electron chi connectivity index (χ3n) is 4.12. The third kappa shape index (κ3) is 3.13. The summed E-state index contributed by atoms with van der Waals surface area (Å²) >= 11 is 1.95. The van der Waals surface area contributed by atoms with E-state index < -0.39 is 0 Å². The van der Waals surface area contributed by atoms with Crippen LogP contribution in [-0.2, 0) is 13.6 Å². The molecule has 0 aliphatic rings. The Labute approximate surface area is 149 Å². The lowest BCUT2D eigenvalue weighted by Gasteiger charge is -2.07. The number of benzene rings is 2. The van der Waals surface area contributed by atoms with Gasteiger partial charge in [0.05, 0.1) is 6.54 Å². The number of hydrogen-bond donors (Lipinski definition) is 0. The van der Waals surface area contributed by atoms with Crippen LogP contribution in [-0.4, -0.2) is 9.93 Å². The van der Waals surface area contributed by atoms with E-state index in [4.69, 9.17) is 0 Å². The average Bonchev–Trinajstić information content (AvgIpc) is 2.87. The smallest absolute Gasteiger partial charge is 0.152 e. The normalized spacial score (nSPS) is 11.2. The molecule has 0 fully saturated rings. The monoisotopic (exact) mass is 337 g/mol. The van der Waals surface area contributed by atoms with Crippen LogP contribution in [0.4, 0.5) is 0 Å². The molecule has 3 heteroatoms. The first kappa shape index (κ1) is 16.8. The molecule has 3 aromatic rings. The fourth-order valence-electron chi connectivity index (χ4n) is 3.15. The van der Waals surface area contributed by atoms with Crippen molar-refractivity contribution in [3.63, 3.8) is 0 Å². The van der Waals surface area contributed by atoms with Crippen LogP contribution in [0.15, 0.2) is 65.6 Å². The van der Waals surface area contributed by atoms with Crippen molar-refractivity contribution < 1.29 is 4.68 Å². The number of hydrogen-bond acceptors (Lipinski definition) is 1. The summed E-state index contributed by atoms with van der Waals surface area (Å²) in [6.45, 7) is 7.68. The van der Waals surface area contributed by atoms with Gasteiger partial charge in [-0.15, -0.1) is 16.4 Å². The highest BCUT2D eigenvalue weighted by Crippen LogP contribution is 2.40. The van der Waals surface area contributed by atoms with Gasteiger partial charge in [0.1, 0.15) is 10.6 Å². The van der Waals surface area contributed by atoms with Crippen LogP contribution in [0, 0.1) is 0 Å². The summed E-state index contributed by atoms with van der Waals surface area (Å²) < 4.78 is 4.69. The zero-order valence-electron chi connectivity index (χ0n) is 14.9. The van der Waals surface area contributed by atoms with Crippen molar-refractivity contribution in [2.45, 2.75) is 37.5 Å². The van der Waals surface area contributed by atoms with Gasteiger partial charge in [0.2, 0.25) is 0 Å². The van der Waals surface area contributed by atoms with Gasteiger partial charge in [-0.25, -0.2) is 0 Å². The SMILES string of the molecule is CCn1c(-c2ccccc2)c(SC(C)C)c(-c2ccccc2)[n+]1C. The van der Waals surface area contributed by atoms with Crippen molar-refractivity contribution in [3.05, 3.63) is 60.7 Å². The Bertz CT molecular complexity index is 805. The van der Waals surface area contributed by atoms with Crippen LogP contribution in [0.25, 0.3) is 22.5 Å². The minimum atomic E-state index is 0.530. The molecular formula is C21H25N2S+. The highest BCUT2D eigenvalue weighted by atomic mass is 32.2. The van der Waals surface area contributed by atoms with E-state index in [0.717, 1.165) is 6.54 Å². The molecule has 0 spiro atoms. The number of rotatable bonds is 5. The summed E-state index contributed by atoms with van der Waals surface area (Å²) in [5.74, 6) is 0. The Morgan fingerprint density at radius 2 is 1.46 bits per heavy atom. The summed E-state index contributed by atoms with van der Waals surface area (Å²) in [5, 5.41) is 0.530. The molecule has 0 amide bonds. The number of aromatic nitrogens is 2. The third-order valence-corrected chi connectivity index (χ3v) is 5.22. The van der Waals surface area contributed by atoms with Crippen molar-refractivity contribution in [1.29, 1.82) is 0 Å². The van der Waals surface area contributed by atoms with Crippen molar-refractivity contribution in [1.82, 2.24) is 4.68 Å². The predicted octanol–water partition coefficient (Wildman–Crippen LogP) is 5.17. The lowest BCUT2D eigenvalue weighted by Crippen LogP contribution is -2.40. The van der Waals surface area contributed by atoms with Gasteiger partial charge in [0, 0.05) is 16.4 Å². The van der Waals surface area contributed by atoms with Crippen LogP contribution in [0.5, 0.6) is 0 Å². The first-order chi connectivity index (χ1) is 11.6. The van der Waals surface area contributed by atoms with Gasteiger partial charge in [-0.2, -0.15) is 4.68 Å². The molecule has 0 atom stereocenters. The first-order valence-electron chi connectivity index (χ1n) is 8.53.